The van der Waals surface area contributed by atoms with Crippen LogP contribution in [0.3, 0.4) is 0 Å². The summed E-state index contributed by atoms with van der Waals surface area (Å²) in [6.07, 6.45) is 1.75. The SMILES string of the molecule is Cc1cccc([C]=O)c1Cl. The van der Waals surface area contributed by atoms with Crippen LogP contribution >= 0.6 is 11.6 Å². The van der Waals surface area contributed by atoms with Gasteiger partial charge in [-0.15, -0.1) is 0 Å². The van der Waals surface area contributed by atoms with E-state index in [-0.39, 0.29) is 0 Å². The first kappa shape index (κ1) is 7.29. The Morgan fingerprint density at radius 3 is 2.70 bits per heavy atom. The van der Waals surface area contributed by atoms with Crippen molar-refractivity contribution in [3.8, 4) is 0 Å². The van der Waals surface area contributed by atoms with Gasteiger partial charge < -0.3 is 0 Å². The highest BCUT2D eigenvalue weighted by atomic mass is 35.5. The van der Waals surface area contributed by atoms with Crippen molar-refractivity contribution in [3.05, 3.63) is 34.3 Å². The molecule has 1 aromatic rings. The lowest BCUT2D eigenvalue weighted by Crippen LogP contribution is -1.83. The second-order valence-electron chi connectivity index (χ2n) is 2.04. The molecule has 0 saturated carbocycles. The average Bonchev–Trinajstić information content (AvgIpc) is 1.95. The lowest BCUT2D eigenvalue weighted by Gasteiger charge is -1.96. The van der Waals surface area contributed by atoms with Gasteiger partial charge in [-0.3, -0.25) is 4.79 Å². The first-order chi connectivity index (χ1) is 4.75. The van der Waals surface area contributed by atoms with Crippen LogP contribution in [0.4, 0.5) is 0 Å². The van der Waals surface area contributed by atoms with E-state index in [1.165, 1.54) is 0 Å². The van der Waals surface area contributed by atoms with Gasteiger partial charge in [0.1, 0.15) is 0 Å². The molecule has 0 spiro atoms. The summed E-state index contributed by atoms with van der Waals surface area (Å²) in [5, 5.41) is 0.498. The highest BCUT2D eigenvalue weighted by molar-refractivity contribution is 6.33. The monoisotopic (exact) mass is 153 g/mol. The molecule has 1 radical (unpaired) electrons. The summed E-state index contributed by atoms with van der Waals surface area (Å²) in [6, 6.07) is 5.27. The Morgan fingerprint density at radius 2 is 2.20 bits per heavy atom. The van der Waals surface area contributed by atoms with Gasteiger partial charge in [-0.25, -0.2) is 0 Å². The van der Waals surface area contributed by atoms with Crippen LogP contribution in [0.5, 0.6) is 0 Å². The molecule has 0 aliphatic heterocycles. The Bertz CT molecular complexity index is 255. The Balaban J connectivity index is 3.27. The van der Waals surface area contributed by atoms with Gasteiger partial charge in [-0.05, 0) is 18.6 Å². The van der Waals surface area contributed by atoms with Crippen LogP contribution in [0.25, 0.3) is 0 Å². The highest BCUT2D eigenvalue weighted by Crippen LogP contribution is 2.17. The molecule has 0 saturated heterocycles. The molecule has 0 heterocycles. The molecule has 0 aliphatic carbocycles. The third kappa shape index (κ3) is 1.19. The third-order valence-corrected chi connectivity index (χ3v) is 1.80. The summed E-state index contributed by atoms with van der Waals surface area (Å²) in [5.74, 6) is 0. The molecule has 0 fully saturated rings. The van der Waals surface area contributed by atoms with Gasteiger partial charge in [0.25, 0.3) is 0 Å². The van der Waals surface area contributed by atoms with Crippen molar-refractivity contribution in [3.63, 3.8) is 0 Å². The van der Waals surface area contributed by atoms with E-state index in [0.717, 1.165) is 5.56 Å². The zero-order chi connectivity index (χ0) is 7.56. The minimum atomic E-state index is 0.432. The van der Waals surface area contributed by atoms with Crippen LogP contribution in [0, 0.1) is 6.92 Å². The maximum Gasteiger partial charge on any atom is 0.235 e. The molecule has 0 aromatic heterocycles. The smallest absolute Gasteiger partial charge is 0.235 e. The van der Waals surface area contributed by atoms with E-state index in [4.69, 9.17) is 11.6 Å². The molecule has 1 nitrogen and oxygen atoms in total. The van der Waals surface area contributed by atoms with Crippen LogP contribution in [0.2, 0.25) is 5.02 Å². The van der Waals surface area contributed by atoms with Crippen molar-refractivity contribution in [2.24, 2.45) is 0 Å². The number of halogens is 1. The van der Waals surface area contributed by atoms with Crippen LogP contribution < -0.4 is 0 Å². The molecular formula is C8H6ClO. The van der Waals surface area contributed by atoms with E-state index >= 15 is 0 Å². The van der Waals surface area contributed by atoms with E-state index in [9.17, 15) is 4.79 Å². The molecule has 51 valence electrons. The van der Waals surface area contributed by atoms with E-state index in [2.05, 4.69) is 0 Å². The number of rotatable bonds is 1. The van der Waals surface area contributed by atoms with Gasteiger partial charge in [0.05, 0.1) is 5.02 Å². The minimum Gasteiger partial charge on any atom is -0.285 e. The maximum absolute atomic E-state index is 10.2. The quantitative estimate of drug-likeness (QED) is 0.604. The molecule has 0 atom stereocenters. The number of benzene rings is 1. The normalized spacial score (nSPS) is 9.40. The maximum atomic E-state index is 10.2. The van der Waals surface area contributed by atoms with Gasteiger partial charge in [0, 0.05) is 5.56 Å². The lowest BCUT2D eigenvalue weighted by atomic mass is 10.1. The van der Waals surface area contributed by atoms with Gasteiger partial charge in [0.2, 0.25) is 6.29 Å². The van der Waals surface area contributed by atoms with Crippen molar-refractivity contribution in [1.82, 2.24) is 0 Å². The number of hydrogen-bond acceptors (Lipinski definition) is 1. The van der Waals surface area contributed by atoms with E-state index in [0.29, 0.717) is 10.6 Å². The van der Waals surface area contributed by atoms with Crippen LogP contribution in [0.1, 0.15) is 11.1 Å². The molecule has 0 unspecified atom stereocenters. The molecule has 0 amide bonds. The number of carbonyl (C=O) groups excluding carboxylic acids is 1. The number of hydrogen-bond donors (Lipinski definition) is 0. The van der Waals surface area contributed by atoms with E-state index < -0.39 is 0 Å². The summed E-state index contributed by atoms with van der Waals surface area (Å²) in [5.41, 5.74) is 1.34. The third-order valence-electron chi connectivity index (χ3n) is 1.30. The highest BCUT2D eigenvalue weighted by Gasteiger charge is 1.99. The molecular weight excluding hydrogens is 148 g/mol. The Kier molecular flexibility index (Phi) is 2.07. The Labute approximate surface area is 64.6 Å². The zero-order valence-electron chi connectivity index (χ0n) is 5.52. The molecule has 10 heavy (non-hydrogen) atoms. The topological polar surface area (TPSA) is 17.1 Å². The van der Waals surface area contributed by atoms with E-state index in [1.54, 1.807) is 18.4 Å². The lowest BCUT2D eigenvalue weighted by molar-refractivity contribution is 0.563. The van der Waals surface area contributed by atoms with Crippen LogP contribution in [-0.2, 0) is 4.79 Å². The van der Waals surface area contributed by atoms with Crippen molar-refractivity contribution >= 4 is 17.9 Å². The van der Waals surface area contributed by atoms with E-state index in [1.807, 2.05) is 13.0 Å². The Morgan fingerprint density at radius 1 is 1.50 bits per heavy atom. The first-order valence-electron chi connectivity index (χ1n) is 2.89. The summed E-state index contributed by atoms with van der Waals surface area (Å²) < 4.78 is 0. The average molecular weight is 154 g/mol. The largest absolute Gasteiger partial charge is 0.285 e. The first-order valence-corrected chi connectivity index (χ1v) is 3.27. The summed E-state index contributed by atoms with van der Waals surface area (Å²) in [4.78, 5) is 10.2. The fraction of sp³-hybridized carbons (Fsp3) is 0.125. The number of aryl methyl sites for hydroxylation is 1. The predicted molar refractivity (Wildman–Crippen MR) is 41.0 cm³/mol. The van der Waals surface area contributed by atoms with Gasteiger partial charge in [-0.2, -0.15) is 0 Å². The Hall–Kier alpha value is -0.820. The molecule has 1 rings (SSSR count). The van der Waals surface area contributed by atoms with Crippen molar-refractivity contribution in [2.75, 3.05) is 0 Å². The van der Waals surface area contributed by atoms with Crippen molar-refractivity contribution in [1.29, 1.82) is 0 Å². The summed E-state index contributed by atoms with van der Waals surface area (Å²) in [7, 11) is 0. The van der Waals surface area contributed by atoms with Crippen LogP contribution in [-0.4, -0.2) is 6.29 Å². The summed E-state index contributed by atoms with van der Waals surface area (Å²) in [6.45, 7) is 1.85. The fourth-order valence-corrected chi connectivity index (χ4v) is 0.891. The summed E-state index contributed by atoms with van der Waals surface area (Å²) >= 11 is 5.73. The fourth-order valence-electron chi connectivity index (χ4n) is 0.726. The molecule has 0 aliphatic rings. The molecule has 0 bridgehead atoms. The van der Waals surface area contributed by atoms with Gasteiger partial charge >= 0.3 is 0 Å². The molecule has 0 N–H and O–H groups in total. The standard InChI is InChI=1S/C8H6ClO/c1-6-3-2-4-7(5-10)8(6)9/h2-4H,1H3. The predicted octanol–water partition coefficient (Wildman–Crippen LogP) is 2.11. The van der Waals surface area contributed by atoms with Gasteiger partial charge in [0.15, 0.2) is 0 Å². The second-order valence-corrected chi connectivity index (χ2v) is 2.42. The molecule has 1 aromatic carbocycles. The van der Waals surface area contributed by atoms with Crippen LogP contribution in [0.15, 0.2) is 18.2 Å². The molecule has 2 heteroatoms. The van der Waals surface area contributed by atoms with Crippen molar-refractivity contribution < 1.29 is 4.79 Å². The second kappa shape index (κ2) is 2.84. The minimum absolute atomic E-state index is 0.432. The van der Waals surface area contributed by atoms with Gasteiger partial charge in [-0.1, -0.05) is 23.7 Å². The zero-order valence-corrected chi connectivity index (χ0v) is 6.27. The van der Waals surface area contributed by atoms with Crippen molar-refractivity contribution in [2.45, 2.75) is 6.92 Å².